The van der Waals surface area contributed by atoms with Crippen LogP contribution in [-0.2, 0) is 0 Å². The molecule has 3 nitrogen and oxygen atoms in total. The molecule has 1 rings (SSSR count). The van der Waals surface area contributed by atoms with Crippen LogP contribution in [0.4, 0.5) is 5.69 Å². The topological polar surface area (TPSA) is 36.3 Å². The van der Waals surface area contributed by atoms with Gasteiger partial charge in [0, 0.05) is 12.7 Å². The van der Waals surface area contributed by atoms with Crippen molar-refractivity contribution >= 4 is 5.69 Å². The maximum atomic E-state index is 8.93. The summed E-state index contributed by atoms with van der Waals surface area (Å²) in [5.74, 6) is 1.30. The van der Waals surface area contributed by atoms with E-state index in [-0.39, 0.29) is 6.04 Å². The summed E-state index contributed by atoms with van der Waals surface area (Å²) in [5.41, 5.74) is 2.21. The van der Waals surface area contributed by atoms with Crippen molar-refractivity contribution in [1.29, 1.82) is 5.26 Å². The van der Waals surface area contributed by atoms with Crippen LogP contribution in [0.25, 0.3) is 0 Å². The fraction of sp³-hybridized carbons (Fsp3) is 0.500. The molecule has 1 atom stereocenters. The SMILES string of the molecule is COc1ccc(N(C)C(C)C#N)cc1C(C)C. The highest BCUT2D eigenvalue weighted by atomic mass is 16.5. The zero-order valence-corrected chi connectivity index (χ0v) is 11.2. The summed E-state index contributed by atoms with van der Waals surface area (Å²) in [6, 6.07) is 8.14. The molecule has 17 heavy (non-hydrogen) atoms. The lowest BCUT2D eigenvalue weighted by Crippen LogP contribution is -2.27. The van der Waals surface area contributed by atoms with Gasteiger partial charge in [-0.1, -0.05) is 13.8 Å². The van der Waals surface area contributed by atoms with E-state index in [1.54, 1.807) is 7.11 Å². The van der Waals surface area contributed by atoms with Crippen molar-refractivity contribution in [3.05, 3.63) is 23.8 Å². The molecule has 1 aromatic carbocycles. The van der Waals surface area contributed by atoms with Crippen LogP contribution in [0.5, 0.6) is 5.75 Å². The Morgan fingerprint density at radius 1 is 1.29 bits per heavy atom. The van der Waals surface area contributed by atoms with Crippen molar-refractivity contribution in [2.45, 2.75) is 32.7 Å². The third kappa shape index (κ3) is 2.91. The van der Waals surface area contributed by atoms with Gasteiger partial charge in [-0.2, -0.15) is 5.26 Å². The molecule has 0 heterocycles. The summed E-state index contributed by atoms with van der Waals surface area (Å²) in [7, 11) is 3.61. The smallest absolute Gasteiger partial charge is 0.122 e. The molecule has 0 N–H and O–H groups in total. The molecule has 0 saturated heterocycles. The zero-order chi connectivity index (χ0) is 13.0. The number of nitrogens with zero attached hydrogens (tertiary/aromatic N) is 2. The predicted octanol–water partition coefficient (Wildman–Crippen LogP) is 3.17. The zero-order valence-electron chi connectivity index (χ0n) is 11.2. The fourth-order valence-corrected chi connectivity index (χ4v) is 1.70. The third-order valence-electron chi connectivity index (χ3n) is 3.01. The number of hydrogen-bond donors (Lipinski definition) is 0. The van der Waals surface area contributed by atoms with Crippen LogP contribution in [0.1, 0.15) is 32.3 Å². The summed E-state index contributed by atoms with van der Waals surface area (Å²) in [6.07, 6.45) is 0. The summed E-state index contributed by atoms with van der Waals surface area (Å²) >= 11 is 0. The quantitative estimate of drug-likeness (QED) is 0.800. The molecule has 0 fully saturated rings. The van der Waals surface area contributed by atoms with Gasteiger partial charge in [0.15, 0.2) is 0 Å². The van der Waals surface area contributed by atoms with Crippen molar-refractivity contribution in [3.63, 3.8) is 0 Å². The van der Waals surface area contributed by atoms with Crippen LogP contribution in [0, 0.1) is 11.3 Å². The first-order valence-corrected chi connectivity index (χ1v) is 5.81. The number of ether oxygens (including phenoxy) is 1. The minimum absolute atomic E-state index is 0.136. The Morgan fingerprint density at radius 2 is 1.94 bits per heavy atom. The highest BCUT2D eigenvalue weighted by molar-refractivity contribution is 5.54. The van der Waals surface area contributed by atoms with E-state index in [0.717, 1.165) is 11.4 Å². The van der Waals surface area contributed by atoms with E-state index in [4.69, 9.17) is 10.00 Å². The summed E-state index contributed by atoms with van der Waals surface area (Å²) in [5, 5.41) is 8.93. The molecular formula is C14H20N2O. The second-order valence-electron chi connectivity index (χ2n) is 4.50. The van der Waals surface area contributed by atoms with Crippen molar-refractivity contribution in [2.24, 2.45) is 0 Å². The molecular weight excluding hydrogens is 212 g/mol. The van der Waals surface area contributed by atoms with Crippen LogP contribution >= 0.6 is 0 Å². The molecule has 3 heteroatoms. The highest BCUT2D eigenvalue weighted by Crippen LogP contribution is 2.30. The molecule has 92 valence electrons. The lowest BCUT2D eigenvalue weighted by molar-refractivity contribution is 0.407. The summed E-state index contributed by atoms with van der Waals surface area (Å²) < 4.78 is 5.34. The maximum Gasteiger partial charge on any atom is 0.122 e. The molecule has 0 aliphatic rings. The van der Waals surface area contributed by atoms with Crippen LogP contribution in [0.15, 0.2) is 18.2 Å². The second-order valence-corrected chi connectivity index (χ2v) is 4.50. The predicted molar refractivity (Wildman–Crippen MR) is 70.6 cm³/mol. The van der Waals surface area contributed by atoms with E-state index >= 15 is 0 Å². The van der Waals surface area contributed by atoms with E-state index < -0.39 is 0 Å². The van der Waals surface area contributed by atoms with Crippen LogP contribution in [0.2, 0.25) is 0 Å². The standard InChI is InChI=1S/C14H20N2O/c1-10(2)13-8-12(6-7-14(13)17-5)16(4)11(3)9-15/h6-8,10-11H,1-5H3. The summed E-state index contributed by atoms with van der Waals surface area (Å²) in [6.45, 7) is 6.16. The van der Waals surface area contributed by atoms with Gasteiger partial charge in [0.05, 0.1) is 13.2 Å². The Labute approximate surface area is 104 Å². The first-order chi connectivity index (χ1) is 8.01. The van der Waals surface area contributed by atoms with Gasteiger partial charge in [0.2, 0.25) is 0 Å². The number of hydrogen-bond acceptors (Lipinski definition) is 3. The second kappa shape index (κ2) is 5.58. The minimum Gasteiger partial charge on any atom is -0.496 e. The van der Waals surface area contributed by atoms with Crippen molar-refractivity contribution in [2.75, 3.05) is 19.1 Å². The third-order valence-corrected chi connectivity index (χ3v) is 3.01. The van der Waals surface area contributed by atoms with Gasteiger partial charge in [0.25, 0.3) is 0 Å². The largest absolute Gasteiger partial charge is 0.496 e. The molecule has 0 bridgehead atoms. The molecule has 0 aliphatic carbocycles. The average Bonchev–Trinajstić information content (AvgIpc) is 2.35. The molecule has 0 aliphatic heterocycles. The van der Waals surface area contributed by atoms with Gasteiger partial charge >= 0.3 is 0 Å². The average molecular weight is 232 g/mol. The molecule has 0 saturated carbocycles. The van der Waals surface area contributed by atoms with E-state index in [0.29, 0.717) is 5.92 Å². The molecule has 0 aromatic heterocycles. The van der Waals surface area contributed by atoms with E-state index in [1.807, 2.05) is 31.0 Å². The number of nitriles is 1. The molecule has 0 amide bonds. The number of anilines is 1. The Bertz CT molecular complexity index is 421. The maximum absolute atomic E-state index is 8.93. The number of benzene rings is 1. The van der Waals surface area contributed by atoms with Gasteiger partial charge in [-0.25, -0.2) is 0 Å². The summed E-state index contributed by atoms with van der Waals surface area (Å²) in [4.78, 5) is 1.96. The van der Waals surface area contributed by atoms with Crippen LogP contribution in [0.3, 0.4) is 0 Å². The van der Waals surface area contributed by atoms with Crippen molar-refractivity contribution < 1.29 is 4.74 Å². The van der Waals surface area contributed by atoms with Gasteiger partial charge in [0.1, 0.15) is 11.8 Å². The Balaban J connectivity index is 3.13. The monoisotopic (exact) mass is 232 g/mol. The number of rotatable bonds is 4. The molecule has 1 unspecified atom stereocenters. The lowest BCUT2D eigenvalue weighted by Gasteiger charge is -2.23. The van der Waals surface area contributed by atoms with Crippen molar-refractivity contribution in [1.82, 2.24) is 0 Å². The van der Waals surface area contributed by atoms with E-state index in [9.17, 15) is 0 Å². The van der Waals surface area contributed by atoms with Gasteiger partial charge in [-0.05, 0) is 36.6 Å². The van der Waals surface area contributed by atoms with E-state index in [1.165, 1.54) is 5.56 Å². The van der Waals surface area contributed by atoms with Crippen LogP contribution in [-0.4, -0.2) is 20.2 Å². The first-order valence-electron chi connectivity index (χ1n) is 5.81. The molecule has 0 radical (unpaired) electrons. The first kappa shape index (κ1) is 13.4. The Kier molecular flexibility index (Phi) is 4.39. The van der Waals surface area contributed by atoms with Gasteiger partial charge < -0.3 is 9.64 Å². The molecule has 1 aromatic rings. The Morgan fingerprint density at radius 3 is 2.41 bits per heavy atom. The minimum atomic E-state index is -0.136. The molecule has 0 spiro atoms. The van der Waals surface area contributed by atoms with Crippen molar-refractivity contribution in [3.8, 4) is 11.8 Å². The van der Waals surface area contributed by atoms with Gasteiger partial charge in [-0.3, -0.25) is 0 Å². The number of methoxy groups -OCH3 is 1. The van der Waals surface area contributed by atoms with E-state index in [2.05, 4.69) is 26.0 Å². The lowest BCUT2D eigenvalue weighted by atomic mass is 10.0. The van der Waals surface area contributed by atoms with Gasteiger partial charge in [-0.15, -0.1) is 0 Å². The fourth-order valence-electron chi connectivity index (χ4n) is 1.70. The Hall–Kier alpha value is -1.69. The van der Waals surface area contributed by atoms with Crippen LogP contribution < -0.4 is 9.64 Å². The normalized spacial score (nSPS) is 12.1. The highest BCUT2D eigenvalue weighted by Gasteiger charge is 2.13.